The van der Waals surface area contributed by atoms with Crippen molar-refractivity contribution in [2.75, 3.05) is 13.7 Å². The topological polar surface area (TPSA) is 84.0 Å². The number of benzene rings is 1. The van der Waals surface area contributed by atoms with Gasteiger partial charge in [0.05, 0.1) is 25.4 Å². The molecule has 1 heterocycles. The molecule has 1 unspecified atom stereocenters. The van der Waals surface area contributed by atoms with Gasteiger partial charge in [-0.05, 0) is 50.5 Å². The van der Waals surface area contributed by atoms with Crippen LogP contribution < -0.4 is 9.41 Å². The number of nitrogens with zero attached hydrogens (tertiary/aromatic N) is 2. The molecule has 0 bridgehead atoms. The molecule has 1 aromatic carbocycles. The maximum absolute atomic E-state index is 12.7. The lowest BCUT2D eigenvalue weighted by Crippen LogP contribution is -2.19. The lowest BCUT2D eigenvalue weighted by molar-refractivity contribution is 0.0949. The third kappa shape index (κ3) is 4.94. The molecule has 0 aliphatic heterocycles. The highest BCUT2D eigenvalue weighted by Crippen LogP contribution is 2.23. The van der Waals surface area contributed by atoms with Crippen LogP contribution in [-0.4, -0.2) is 39.9 Å². The second-order valence-corrected chi connectivity index (χ2v) is 8.25. The molecule has 1 amide bonds. The molecule has 0 spiro atoms. The van der Waals surface area contributed by atoms with Crippen molar-refractivity contribution in [3.8, 4) is 5.75 Å². The first-order valence-corrected chi connectivity index (χ1v) is 9.24. The van der Waals surface area contributed by atoms with E-state index in [2.05, 4.69) is 4.99 Å². The van der Waals surface area contributed by atoms with Crippen molar-refractivity contribution in [3.05, 3.63) is 45.2 Å². The largest absolute Gasteiger partial charge is 0.496 e. The molecular formula is C18H23ClN2O4S. The summed E-state index contributed by atoms with van der Waals surface area (Å²) in [6.45, 7) is 5.73. The minimum Gasteiger partial charge on any atom is -0.496 e. The smallest absolute Gasteiger partial charge is 0.282 e. The van der Waals surface area contributed by atoms with Crippen molar-refractivity contribution < 1.29 is 19.7 Å². The van der Waals surface area contributed by atoms with Gasteiger partial charge in [0.1, 0.15) is 10.4 Å². The minimum atomic E-state index is -0.914. The number of carbonyl (C=O) groups is 1. The summed E-state index contributed by atoms with van der Waals surface area (Å²) in [6.07, 6.45) is 1.14. The van der Waals surface area contributed by atoms with E-state index in [1.807, 2.05) is 30.9 Å². The maximum atomic E-state index is 12.7. The van der Waals surface area contributed by atoms with Gasteiger partial charge in [-0.2, -0.15) is 4.99 Å². The van der Waals surface area contributed by atoms with Crippen LogP contribution >= 0.6 is 23.1 Å². The van der Waals surface area contributed by atoms with E-state index in [1.54, 1.807) is 12.1 Å². The van der Waals surface area contributed by atoms with Crippen molar-refractivity contribution in [1.29, 1.82) is 0 Å². The molecule has 2 N–H and O–H groups in total. The van der Waals surface area contributed by atoms with Crippen LogP contribution in [0, 0.1) is 0 Å². The Bertz CT molecular complexity index is 852. The fraction of sp³-hybridized carbons (Fsp3) is 0.444. The first kappa shape index (κ1) is 20.6. The highest BCUT2D eigenvalue weighted by Gasteiger charge is 2.19. The van der Waals surface area contributed by atoms with E-state index in [1.165, 1.54) is 24.7 Å². The van der Waals surface area contributed by atoms with Crippen molar-refractivity contribution in [3.63, 3.8) is 0 Å². The number of amides is 1. The van der Waals surface area contributed by atoms with E-state index in [9.17, 15) is 9.90 Å². The molecule has 2 aromatic rings. The molecule has 1 atom stereocenters. The summed E-state index contributed by atoms with van der Waals surface area (Å²) in [5, 5.41) is 19.3. The zero-order valence-corrected chi connectivity index (χ0v) is 16.8. The van der Waals surface area contributed by atoms with Crippen LogP contribution in [0.2, 0.25) is 5.02 Å². The fourth-order valence-corrected chi connectivity index (χ4v) is 3.45. The Morgan fingerprint density at radius 3 is 2.69 bits per heavy atom. The number of ether oxygens (including phenoxy) is 1. The average molecular weight is 399 g/mol. The van der Waals surface area contributed by atoms with Crippen molar-refractivity contribution >= 4 is 29.0 Å². The average Bonchev–Trinajstić information content (AvgIpc) is 2.97. The van der Waals surface area contributed by atoms with E-state index < -0.39 is 12.0 Å². The number of hydrogen-bond donors (Lipinski definition) is 2. The normalized spacial score (nSPS) is 13.7. The van der Waals surface area contributed by atoms with Crippen molar-refractivity contribution in [1.82, 2.24) is 3.96 Å². The molecule has 0 saturated carbocycles. The molecule has 6 nitrogen and oxygen atoms in total. The van der Waals surface area contributed by atoms with Gasteiger partial charge in [0.15, 0.2) is 0 Å². The number of hydrogen-bond acceptors (Lipinski definition) is 5. The van der Waals surface area contributed by atoms with Gasteiger partial charge >= 0.3 is 0 Å². The molecule has 8 heteroatoms. The third-order valence-corrected chi connectivity index (χ3v) is 5.27. The van der Waals surface area contributed by atoms with Gasteiger partial charge < -0.3 is 14.9 Å². The van der Waals surface area contributed by atoms with Crippen LogP contribution in [0.1, 0.15) is 36.7 Å². The fourth-order valence-electron chi connectivity index (χ4n) is 2.26. The van der Waals surface area contributed by atoms with E-state index in [0.29, 0.717) is 21.0 Å². The number of methoxy groups -OCH3 is 1. The maximum Gasteiger partial charge on any atom is 0.282 e. The number of halogens is 1. The summed E-state index contributed by atoms with van der Waals surface area (Å²) < 4.78 is 7.67. The zero-order valence-electron chi connectivity index (χ0n) is 15.2. The molecule has 0 fully saturated rings. The molecule has 0 saturated heterocycles. The van der Waals surface area contributed by atoms with E-state index >= 15 is 0 Å². The quantitative estimate of drug-likeness (QED) is 0.810. The number of aliphatic hydroxyl groups excluding tert-OH is 2. The van der Waals surface area contributed by atoms with Gasteiger partial charge in [0.25, 0.3) is 5.91 Å². The van der Waals surface area contributed by atoms with E-state index in [-0.39, 0.29) is 24.1 Å². The Labute approximate surface area is 161 Å². The molecule has 0 aliphatic rings. The van der Waals surface area contributed by atoms with Gasteiger partial charge in [-0.1, -0.05) is 11.6 Å². The number of rotatable bonds is 5. The van der Waals surface area contributed by atoms with Crippen molar-refractivity contribution in [2.45, 2.75) is 38.8 Å². The van der Waals surface area contributed by atoms with Gasteiger partial charge in [0.2, 0.25) is 0 Å². The van der Waals surface area contributed by atoms with Gasteiger partial charge in [-0.25, -0.2) is 0 Å². The molecule has 0 radical (unpaired) electrons. The molecule has 142 valence electrons. The monoisotopic (exact) mass is 398 g/mol. The Kier molecular flexibility index (Phi) is 6.63. The molecule has 2 rings (SSSR count). The predicted molar refractivity (Wildman–Crippen MR) is 102 cm³/mol. The Balaban J connectivity index is 2.53. The van der Waals surface area contributed by atoms with Crippen LogP contribution in [0.15, 0.2) is 29.4 Å². The van der Waals surface area contributed by atoms with Crippen LogP contribution in [-0.2, 0) is 12.0 Å². The summed E-state index contributed by atoms with van der Waals surface area (Å²) in [6, 6.07) is 4.77. The summed E-state index contributed by atoms with van der Waals surface area (Å²) >= 11 is 7.31. The van der Waals surface area contributed by atoms with E-state index in [4.69, 9.17) is 21.4 Å². The first-order valence-electron chi connectivity index (χ1n) is 8.09. The Morgan fingerprint density at radius 1 is 1.42 bits per heavy atom. The number of aromatic nitrogens is 1. The first-order chi connectivity index (χ1) is 12.2. The molecule has 26 heavy (non-hydrogen) atoms. The van der Waals surface area contributed by atoms with Crippen LogP contribution in [0.4, 0.5) is 0 Å². The number of aliphatic hydroxyl groups is 2. The Morgan fingerprint density at radius 2 is 2.12 bits per heavy atom. The highest BCUT2D eigenvalue weighted by molar-refractivity contribution is 7.04. The van der Waals surface area contributed by atoms with Crippen LogP contribution in [0.3, 0.4) is 0 Å². The van der Waals surface area contributed by atoms with Crippen LogP contribution in [0.25, 0.3) is 0 Å². The highest BCUT2D eigenvalue weighted by atomic mass is 35.5. The minimum absolute atomic E-state index is 0.200. The van der Waals surface area contributed by atoms with Gasteiger partial charge in [-0.3, -0.25) is 8.75 Å². The van der Waals surface area contributed by atoms with Crippen molar-refractivity contribution in [2.24, 2.45) is 4.99 Å². The molecule has 1 aromatic heterocycles. The summed E-state index contributed by atoms with van der Waals surface area (Å²) in [4.78, 5) is 16.9. The standard InChI is InChI=1S/C18H23ClN2O4S/c1-18(2,3)21-9-11(7-13(23)10-22)17(26-21)20-16(24)14-8-12(19)5-6-15(14)25-4/h5-6,8-9,13,22-23H,7,10H2,1-4H3. The SMILES string of the molecule is COc1ccc(Cl)cc1C(=O)N=c1sn(C(C)(C)C)cc1CC(O)CO. The molecule has 0 aliphatic carbocycles. The third-order valence-electron chi connectivity index (χ3n) is 3.66. The second kappa shape index (κ2) is 8.35. The van der Waals surface area contributed by atoms with E-state index in [0.717, 1.165) is 0 Å². The number of carbonyl (C=O) groups excluding carboxylic acids is 1. The summed E-state index contributed by atoms with van der Waals surface area (Å²) in [5.41, 5.74) is 0.763. The second-order valence-electron chi connectivity index (χ2n) is 6.85. The summed E-state index contributed by atoms with van der Waals surface area (Å²) in [7, 11) is 1.47. The van der Waals surface area contributed by atoms with Gasteiger partial charge in [0, 0.05) is 28.7 Å². The lowest BCUT2D eigenvalue weighted by Gasteiger charge is -2.19. The Hall–Kier alpha value is -1.67. The summed E-state index contributed by atoms with van der Waals surface area (Å²) in [5.74, 6) is -0.0904. The lowest BCUT2D eigenvalue weighted by atomic mass is 10.1. The zero-order chi connectivity index (χ0) is 19.5. The van der Waals surface area contributed by atoms with Gasteiger partial charge in [-0.15, -0.1) is 0 Å². The van der Waals surface area contributed by atoms with Crippen LogP contribution in [0.5, 0.6) is 5.75 Å². The predicted octanol–water partition coefficient (Wildman–Crippen LogP) is 2.60. The molecular weight excluding hydrogens is 376 g/mol.